The molecule has 0 saturated carbocycles. The second-order valence-electron chi connectivity index (χ2n) is 5.13. The molecular formula is C15H10Cl2F3N5O2S. The highest BCUT2D eigenvalue weighted by molar-refractivity contribution is 7.98. The lowest BCUT2D eigenvalue weighted by Gasteiger charge is -2.13. The van der Waals surface area contributed by atoms with Crippen LogP contribution in [0.4, 0.5) is 19.0 Å². The van der Waals surface area contributed by atoms with Crippen molar-refractivity contribution in [2.45, 2.75) is 11.1 Å². The Balaban J connectivity index is 2.28. The third-order valence-electron chi connectivity index (χ3n) is 3.43. The summed E-state index contributed by atoms with van der Waals surface area (Å²) in [5.41, 5.74) is -0.676. The van der Waals surface area contributed by atoms with Crippen molar-refractivity contribution in [1.29, 1.82) is 0 Å². The van der Waals surface area contributed by atoms with Crippen molar-refractivity contribution in [3.63, 3.8) is 0 Å². The lowest BCUT2D eigenvalue weighted by Crippen LogP contribution is -2.07. The van der Waals surface area contributed by atoms with E-state index in [2.05, 4.69) is 20.2 Å². The molecular weight excluding hydrogens is 442 g/mol. The Labute approximate surface area is 170 Å². The molecule has 1 aromatic carbocycles. The van der Waals surface area contributed by atoms with E-state index < -0.39 is 11.7 Å². The normalized spacial score (nSPS) is 12.1. The van der Waals surface area contributed by atoms with E-state index in [4.69, 9.17) is 32.5 Å². The predicted molar refractivity (Wildman–Crippen MR) is 98.8 cm³/mol. The Morgan fingerprint density at radius 1 is 1.29 bits per heavy atom. The van der Waals surface area contributed by atoms with Crippen molar-refractivity contribution in [2.75, 3.05) is 13.4 Å². The number of thioether (sulfide) groups is 1. The molecule has 0 aliphatic rings. The van der Waals surface area contributed by atoms with Crippen molar-refractivity contribution in [3.05, 3.63) is 34.1 Å². The average Bonchev–Trinajstić information content (AvgIpc) is 3.26. The summed E-state index contributed by atoms with van der Waals surface area (Å²) >= 11 is 13.5. The highest BCUT2D eigenvalue weighted by Crippen LogP contribution is 2.43. The van der Waals surface area contributed by atoms with Gasteiger partial charge < -0.3 is 9.26 Å². The maximum Gasteiger partial charge on any atom is 0.416 e. The summed E-state index contributed by atoms with van der Waals surface area (Å²) < 4.78 is 49.9. The van der Waals surface area contributed by atoms with Gasteiger partial charge in [0.15, 0.2) is 12.2 Å². The van der Waals surface area contributed by atoms with Gasteiger partial charge in [-0.2, -0.15) is 28.2 Å². The fourth-order valence-electron chi connectivity index (χ4n) is 2.31. The van der Waals surface area contributed by atoms with Crippen molar-refractivity contribution >= 4 is 47.2 Å². The molecule has 0 aliphatic carbocycles. The highest BCUT2D eigenvalue weighted by atomic mass is 35.5. The molecule has 0 spiro atoms. The molecule has 148 valence electrons. The van der Waals surface area contributed by atoms with Gasteiger partial charge in [0.05, 0.1) is 27.6 Å². The lowest BCUT2D eigenvalue weighted by atomic mass is 10.2. The number of nitrogens with zero attached hydrogens (tertiary/aromatic N) is 5. The molecule has 0 bridgehead atoms. The third kappa shape index (κ3) is 3.82. The second kappa shape index (κ2) is 8.02. The number of rotatable bonds is 5. The van der Waals surface area contributed by atoms with Gasteiger partial charge in [-0.1, -0.05) is 28.4 Å². The molecule has 0 radical (unpaired) electrons. The molecule has 2 heterocycles. The van der Waals surface area contributed by atoms with Crippen LogP contribution in [0.2, 0.25) is 10.0 Å². The summed E-state index contributed by atoms with van der Waals surface area (Å²) in [5.74, 6) is 0.383. The van der Waals surface area contributed by atoms with Crippen molar-refractivity contribution < 1.29 is 22.4 Å². The zero-order valence-corrected chi connectivity index (χ0v) is 16.5. The first kappa shape index (κ1) is 20.5. The van der Waals surface area contributed by atoms with Crippen molar-refractivity contribution in [2.24, 2.45) is 4.99 Å². The number of hydrogen-bond acceptors (Lipinski definition) is 7. The minimum absolute atomic E-state index is 0.0182. The number of aliphatic imine (C=N–C) groups is 1. The van der Waals surface area contributed by atoms with E-state index in [-0.39, 0.29) is 33.1 Å². The molecule has 28 heavy (non-hydrogen) atoms. The summed E-state index contributed by atoms with van der Waals surface area (Å²) in [4.78, 5) is 8.63. The summed E-state index contributed by atoms with van der Waals surface area (Å²) in [5, 5.41) is 7.57. The first-order valence-corrected chi connectivity index (χ1v) is 9.31. The van der Waals surface area contributed by atoms with Crippen LogP contribution in [0, 0.1) is 0 Å². The fourth-order valence-corrected chi connectivity index (χ4v) is 3.60. The number of methoxy groups -OCH3 is 1. The molecule has 13 heteroatoms. The van der Waals surface area contributed by atoms with Crippen LogP contribution in [0.1, 0.15) is 5.56 Å². The molecule has 0 saturated heterocycles. The Bertz CT molecular complexity index is 999. The van der Waals surface area contributed by atoms with Gasteiger partial charge in [-0.25, -0.2) is 4.68 Å². The van der Waals surface area contributed by atoms with Gasteiger partial charge in [0.25, 0.3) is 0 Å². The second-order valence-corrected chi connectivity index (χ2v) is 6.76. The van der Waals surface area contributed by atoms with Crippen LogP contribution in [0.25, 0.3) is 17.2 Å². The van der Waals surface area contributed by atoms with Crippen LogP contribution in [0.15, 0.2) is 32.9 Å². The monoisotopic (exact) mass is 451 g/mol. The van der Waals surface area contributed by atoms with Gasteiger partial charge in [-0.05, 0) is 18.4 Å². The molecule has 7 nitrogen and oxygen atoms in total. The van der Waals surface area contributed by atoms with E-state index in [1.165, 1.54) is 23.6 Å². The number of benzene rings is 1. The maximum atomic E-state index is 13.0. The first-order chi connectivity index (χ1) is 13.3. The van der Waals surface area contributed by atoms with Gasteiger partial charge in [0.2, 0.25) is 12.2 Å². The average molecular weight is 452 g/mol. The standard InChI is InChI=1S/C15H10Cl2F3N5O2S/c1-26-5-22-14-12(28-2)10(13-21-6-27-24-13)23-25(14)11-8(16)3-7(4-9(11)17)15(18,19)20/h3-6H,1-2H3/b22-5+. The first-order valence-electron chi connectivity index (χ1n) is 7.33. The van der Waals surface area contributed by atoms with E-state index in [0.717, 1.165) is 24.9 Å². The zero-order chi connectivity index (χ0) is 20.5. The van der Waals surface area contributed by atoms with Crippen LogP contribution in [-0.4, -0.2) is 39.7 Å². The van der Waals surface area contributed by atoms with Gasteiger partial charge in [0, 0.05) is 0 Å². The molecule has 0 N–H and O–H groups in total. The smallest absolute Gasteiger partial charge is 0.416 e. The molecule has 3 rings (SSSR count). The molecule has 0 atom stereocenters. The van der Waals surface area contributed by atoms with Gasteiger partial charge in [0.1, 0.15) is 11.4 Å². The number of alkyl halides is 3. The Morgan fingerprint density at radius 3 is 2.46 bits per heavy atom. The van der Waals surface area contributed by atoms with Crippen molar-refractivity contribution in [1.82, 2.24) is 19.9 Å². The Hall–Kier alpha value is -2.24. The number of ether oxygens (including phenoxy) is 1. The van der Waals surface area contributed by atoms with E-state index in [1.807, 2.05) is 0 Å². The Morgan fingerprint density at radius 2 is 1.96 bits per heavy atom. The van der Waals surface area contributed by atoms with Crippen LogP contribution < -0.4 is 0 Å². The van der Waals surface area contributed by atoms with Gasteiger partial charge >= 0.3 is 6.18 Å². The SMILES string of the molecule is CO/C=N/c1c(SC)c(-c2ncon2)nn1-c1c(Cl)cc(C(F)(F)F)cc1Cl. The summed E-state index contributed by atoms with van der Waals surface area (Å²) in [6.45, 7) is 0. The van der Waals surface area contributed by atoms with Crippen LogP contribution in [-0.2, 0) is 10.9 Å². The molecule has 0 amide bonds. The van der Waals surface area contributed by atoms with E-state index in [9.17, 15) is 13.2 Å². The molecule has 0 fully saturated rings. The molecule has 2 aromatic heterocycles. The van der Waals surface area contributed by atoms with E-state index in [0.29, 0.717) is 4.90 Å². The molecule has 0 aliphatic heterocycles. The Kier molecular flexibility index (Phi) is 5.87. The van der Waals surface area contributed by atoms with Crippen molar-refractivity contribution in [3.8, 4) is 17.2 Å². The quantitative estimate of drug-likeness (QED) is 0.298. The minimum Gasteiger partial charge on any atom is -0.486 e. The number of halogens is 5. The predicted octanol–water partition coefficient (Wildman–Crippen LogP) is 5.28. The molecule has 0 unspecified atom stereocenters. The zero-order valence-electron chi connectivity index (χ0n) is 14.2. The lowest BCUT2D eigenvalue weighted by molar-refractivity contribution is -0.137. The van der Waals surface area contributed by atoms with E-state index in [1.54, 1.807) is 6.26 Å². The largest absolute Gasteiger partial charge is 0.486 e. The van der Waals surface area contributed by atoms with Gasteiger partial charge in [-0.15, -0.1) is 11.8 Å². The minimum atomic E-state index is -4.60. The fraction of sp³-hybridized carbons (Fsp3) is 0.200. The number of aromatic nitrogens is 4. The van der Waals surface area contributed by atoms with Gasteiger partial charge in [-0.3, -0.25) is 0 Å². The number of hydrogen-bond donors (Lipinski definition) is 0. The van der Waals surface area contributed by atoms with E-state index >= 15 is 0 Å². The highest BCUT2D eigenvalue weighted by Gasteiger charge is 2.33. The third-order valence-corrected chi connectivity index (χ3v) is 4.79. The topological polar surface area (TPSA) is 78.3 Å². The summed E-state index contributed by atoms with van der Waals surface area (Å²) in [6, 6.07) is 1.53. The summed E-state index contributed by atoms with van der Waals surface area (Å²) in [6.07, 6.45) is -0.590. The van der Waals surface area contributed by atoms with Crippen LogP contribution >= 0.6 is 35.0 Å². The molecule has 3 aromatic rings. The van der Waals surface area contributed by atoms with Crippen LogP contribution in [0.3, 0.4) is 0 Å². The van der Waals surface area contributed by atoms with Crippen LogP contribution in [0.5, 0.6) is 0 Å². The maximum absolute atomic E-state index is 13.0. The summed E-state index contributed by atoms with van der Waals surface area (Å²) in [7, 11) is 1.39.